The fourth-order valence-corrected chi connectivity index (χ4v) is 1.63. The van der Waals surface area contributed by atoms with Crippen molar-refractivity contribution in [3.63, 3.8) is 0 Å². The van der Waals surface area contributed by atoms with Gasteiger partial charge in [-0.1, -0.05) is 47.5 Å². The van der Waals surface area contributed by atoms with Gasteiger partial charge in [0.25, 0.3) is 0 Å². The van der Waals surface area contributed by atoms with E-state index < -0.39 is 0 Å². The lowest BCUT2D eigenvalue weighted by molar-refractivity contribution is 1.57. The Kier molecular flexibility index (Phi) is 4.57. The smallest absolute Gasteiger partial charge is 0.0406 e. The predicted molar refractivity (Wildman–Crippen MR) is 79.5 cm³/mol. The molecule has 18 heavy (non-hydrogen) atoms. The molecule has 0 aliphatic carbocycles. The van der Waals surface area contributed by atoms with Crippen molar-refractivity contribution in [3.05, 3.63) is 75.9 Å². The van der Waals surface area contributed by atoms with Gasteiger partial charge < -0.3 is 0 Å². The summed E-state index contributed by atoms with van der Waals surface area (Å²) in [5.41, 5.74) is 2.08. The van der Waals surface area contributed by atoms with Crippen LogP contribution < -0.4 is 0 Å². The van der Waals surface area contributed by atoms with Crippen LogP contribution in [-0.4, -0.2) is 6.21 Å². The van der Waals surface area contributed by atoms with E-state index in [1.54, 1.807) is 12.4 Å². The zero-order valence-corrected chi connectivity index (χ0v) is 11.1. The van der Waals surface area contributed by atoms with E-state index in [1.165, 1.54) is 0 Å². The molecule has 0 unspecified atom stereocenters. The van der Waals surface area contributed by atoms with Gasteiger partial charge in [-0.25, -0.2) is 0 Å². The molecule has 0 saturated carbocycles. The molecule has 0 aliphatic heterocycles. The lowest BCUT2D eigenvalue weighted by atomic mass is 10.2. The molecule has 90 valence electrons. The standard InChI is InChI=1S/C15H11Cl2N/c16-14-5-1-12(2-6-14)9-10-18-11-13-3-7-15(17)8-4-13/h1-11H/b10-9+,18-11?. The molecule has 3 heteroatoms. The second-order valence-corrected chi connectivity index (χ2v) is 4.57. The molecule has 0 bridgehead atoms. The highest BCUT2D eigenvalue weighted by Crippen LogP contribution is 2.11. The minimum atomic E-state index is 0.726. The second kappa shape index (κ2) is 6.39. The van der Waals surface area contributed by atoms with Gasteiger partial charge >= 0.3 is 0 Å². The van der Waals surface area contributed by atoms with Gasteiger partial charge in [0.15, 0.2) is 0 Å². The molecule has 0 atom stereocenters. The summed E-state index contributed by atoms with van der Waals surface area (Å²) in [7, 11) is 0. The van der Waals surface area contributed by atoms with Crippen molar-refractivity contribution in [1.82, 2.24) is 0 Å². The zero-order chi connectivity index (χ0) is 12.8. The van der Waals surface area contributed by atoms with Gasteiger partial charge in [-0.05, 0) is 41.5 Å². The Morgan fingerprint density at radius 1 is 0.722 bits per heavy atom. The molecule has 2 aromatic carbocycles. The van der Waals surface area contributed by atoms with Crippen LogP contribution in [0.3, 0.4) is 0 Å². The highest BCUT2D eigenvalue weighted by Gasteiger charge is 1.88. The van der Waals surface area contributed by atoms with Gasteiger partial charge in [-0.15, -0.1) is 0 Å². The maximum atomic E-state index is 5.80. The van der Waals surface area contributed by atoms with E-state index >= 15 is 0 Å². The number of hydrogen-bond donors (Lipinski definition) is 0. The van der Waals surface area contributed by atoms with E-state index in [2.05, 4.69) is 4.99 Å². The normalized spacial score (nSPS) is 11.4. The summed E-state index contributed by atoms with van der Waals surface area (Å²) < 4.78 is 0. The summed E-state index contributed by atoms with van der Waals surface area (Å²) >= 11 is 11.6. The maximum Gasteiger partial charge on any atom is 0.0406 e. The van der Waals surface area contributed by atoms with Crippen molar-refractivity contribution < 1.29 is 0 Å². The number of nitrogens with zero attached hydrogens (tertiary/aromatic N) is 1. The quantitative estimate of drug-likeness (QED) is 0.693. The molecule has 2 rings (SSSR count). The SMILES string of the molecule is Clc1ccc(C=N/C=C/c2ccc(Cl)cc2)cc1. The van der Waals surface area contributed by atoms with E-state index in [0.717, 1.165) is 21.2 Å². The molecule has 0 N–H and O–H groups in total. The lowest BCUT2D eigenvalue weighted by Gasteiger charge is -1.92. The molecule has 0 saturated heterocycles. The van der Waals surface area contributed by atoms with Crippen molar-refractivity contribution in [2.75, 3.05) is 0 Å². The molecule has 0 fully saturated rings. The molecule has 0 heterocycles. The van der Waals surface area contributed by atoms with Crippen LogP contribution in [0.2, 0.25) is 10.0 Å². The first-order valence-electron chi connectivity index (χ1n) is 5.45. The molecular weight excluding hydrogens is 265 g/mol. The van der Waals surface area contributed by atoms with E-state index in [4.69, 9.17) is 23.2 Å². The number of aliphatic imine (C=N–C) groups is 1. The molecular formula is C15H11Cl2N. The first-order valence-corrected chi connectivity index (χ1v) is 6.20. The summed E-state index contributed by atoms with van der Waals surface area (Å²) in [5.74, 6) is 0. The highest BCUT2D eigenvalue weighted by molar-refractivity contribution is 6.30. The average Bonchev–Trinajstić information content (AvgIpc) is 2.39. The first-order chi connectivity index (χ1) is 8.74. The Morgan fingerprint density at radius 2 is 1.22 bits per heavy atom. The number of hydrogen-bond acceptors (Lipinski definition) is 1. The van der Waals surface area contributed by atoms with Crippen LogP contribution in [0.25, 0.3) is 6.08 Å². The second-order valence-electron chi connectivity index (χ2n) is 3.70. The largest absolute Gasteiger partial charge is 0.264 e. The Hall–Kier alpha value is -1.57. The van der Waals surface area contributed by atoms with Gasteiger partial charge in [0, 0.05) is 22.5 Å². The highest BCUT2D eigenvalue weighted by atomic mass is 35.5. The summed E-state index contributed by atoms with van der Waals surface area (Å²) in [4.78, 5) is 4.21. The fraction of sp³-hybridized carbons (Fsp3) is 0. The molecule has 0 spiro atoms. The van der Waals surface area contributed by atoms with Crippen LogP contribution in [-0.2, 0) is 0 Å². The topological polar surface area (TPSA) is 12.4 Å². The third-order valence-corrected chi connectivity index (χ3v) is 2.82. The molecule has 0 aromatic heterocycles. The van der Waals surface area contributed by atoms with Crippen molar-refractivity contribution >= 4 is 35.5 Å². The summed E-state index contributed by atoms with van der Waals surface area (Å²) in [6.45, 7) is 0. The van der Waals surface area contributed by atoms with Crippen LogP contribution in [0.1, 0.15) is 11.1 Å². The number of benzene rings is 2. The maximum absolute atomic E-state index is 5.80. The predicted octanol–water partition coefficient (Wildman–Crippen LogP) is 5.08. The van der Waals surface area contributed by atoms with E-state index in [9.17, 15) is 0 Å². The Bertz CT molecular complexity index is 501. The van der Waals surface area contributed by atoms with Crippen LogP contribution in [0.5, 0.6) is 0 Å². The molecule has 2 aromatic rings. The zero-order valence-electron chi connectivity index (χ0n) is 9.55. The number of rotatable bonds is 3. The van der Waals surface area contributed by atoms with Gasteiger partial charge in [-0.3, -0.25) is 4.99 Å². The fourth-order valence-electron chi connectivity index (χ4n) is 1.38. The third-order valence-electron chi connectivity index (χ3n) is 2.32. The van der Waals surface area contributed by atoms with Crippen LogP contribution >= 0.6 is 23.2 Å². The summed E-state index contributed by atoms with van der Waals surface area (Å²) in [5, 5.41) is 1.46. The van der Waals surface area contributed by atoms with E-state index in [1.807, 2.05) is 54.6 Å². The monoisotopic (exact) mass is 275 g/mol. The van der Waals surface area contributed by atoms with Gasteiger partial charge in [0.1, 0.15) is 0 Å². The average molecular weight is 276 g/mol. The summed E-state index contributed by atoms with van der Waals surface area (Å²) in [6, 6.07) is 15.1. The van der Waals surface area contributed by atoms with Crippen molar-refractivity contribution in [2.24, 2.45) is 4.99 Å². The van der Waals surface area contributed by atoms with Crippen LogP contribution in [0, 0.1) is 0 Å². The third kappa shape index (κ3) is 4.02. The Morgan fingerprint density at radius 3 is 1.78 bits per heavy atom. The van der Waals surface area contributed by atoms with Gasteiger partial charge in [-0.2, -0.15) is 0 Å². The summed E-state index contributed by atoms with van der Waals surface area (Å²) in [6.07, 6.45) is 5.45. The minimum absolute atomic E-state index is 0.726. The Labute approximate surface area is 116 Å². The van der Waals surface area contributed by atoms with Crippen molar-refractivity contribution in [2.45, 2.75) is 0 Å². The lowest BCUT2D eigenvalue weighted by Crippen LogP contribution is -1.77. The Balaban J connectivity index is 1.98. The van der Waals surface area contributed by atoms with Gasteiger partial charge in [0.05, 0.1) is 0 Å². The molecule has 0 radical (unpaired) electrons. The first kappa shape index (κ1) is 12.9. The van der Waals surface area contributed by atoms with Crippen LogP contribution in [0.15, 0.2) is 59.7 Å². The van der Waals surface area contributed by atoms with Crippen LogP contribution in [0.4, 0.5) is 0 Å². The number of halogens is 2. The molecule has 1 nitrogen and oxygen atoms in total. The molecule has 0 aliphatic rings. The van der Waals surface area contributed by atoms with Gasteiger partial charge in [0.2, 0.25) is 0 Å². The van der Waals surface area contributed by atoms with E-state index in [-0.39, 0.29) is 0 Å². The molecule has 0 amide bonds. The minimum Gasteiger partial charge on any atom is -0.264 e. The van der Waals surface area contributed by atoms with Crippen molar-refractivity contribution in [1.29, 1.82) is 0 Å². The van der Waals surface area contributed by atoms with Crippen molar-refractivity contribution in [3.8, 4) is 0 Å². The van der Waals surface area contributed by atoms with E-state index in [0.29, 0.717) is 0 Å².